The molecule has 0 spiro atoms. The van der Waals surface area contributed by atoms with E-state index in [1.807, 2.05) is 0 Å². The second kappa shape index (κ2) is 4.54. The maximum absolute atomic E-state index is 11.2. The van der Waals surface area contributed by atoms with Gasteiger partial charge < -0.3 is 5.11 Å². The minimum Gasteiger partial charge on any atom is -0.481 e. The summed E-state index contributed by atoms with van der Waals surface area (Å²) in [7, 11) is 0. The Bertz CT molecular complexity index is 385. The van der Waals surface area contributed by atoms with E-state index >= 15 is 0 Å². The van der Waals surface area contributed by atoms with Gasteiger partial charge in [0, 0.05) is 9.13 Å². The summed E-state index contributed by atoms with van der Waals surface area (Å²) >= 11 is 2.06. The Morgan fingerprint density at radius 2 is 2.07 bits per heavy atom. The third-order valence-electron chi connectivity index (χ3n) is 1.77. The molecule has 1 aromatic rings. The number of halogens is 1. The highest BCUT2D eigenvalue weighted by Gasteiger charge is 2.07. The van der Waals surface area contributed by atoms with Crippen LogP contribution in [0.3, 0.4) is 0 Å². The summed E-state index contributed by atoms with van der Waals surface area (Å²) in [5.74, 6) is -0.928. The Kier molecular flexibility index (Phi) is 3.62. The van der Waals surface area contributed by atoms with Crippen molar-refractivity contribution in [1.29, 1.82) is 0 Å². The molecule has 1 aromatic carbocycles. The number of Topliss-reactive ketones (excluding diaryl/α,β-unsaturated/α-hetero) is 1. The average molecular weight is 304 g/mol. The molecule has 1 N–H and O–H groups in total. The summed E-state index contributed by atoms with van der Waals surface area (Å²) in [6.07, 6.45) is -0.0444. The van der Waals surface area contributed by atoms with Crippen LogP contribution in [0.25, 0.3) is 0 Å². The SMILES string of the molecule is CC(=O)c1cc(CC(=O)O)ccc1I. The van der Waals surface area contributed by atoms with Crippen LogP contribution in [-0.4, -0.2) is 16.9 Å². The number of hydrogen-bond donors (Lipinski definition) is 1. The zero-order valence-electron chi connectivity index (χ0n) is 7.58. The molecule has 0 unspecified atom stereocenters. The van der Waals surface area contributed by atoms with Crippen LogP contribution in [0.5, 0.6) is 0 Å². The molecule has 0 aliphatic carbocycles. The largest absolute Gasteiger partial charge is 0.481 e. The van der Waals surface area contributed by atoms with Crippen LogP contribution in [0.15, 0.2) is 18.2 Å². The van der Waals surface area contributed by atoms with E-state index in [0.29, 0.717) is 11.1 Å². The van der Waals surface area contributed by atoms with Crippen LogP contribution in [0.1, 0.15) is 22.8 Å². The summed E-state index contributed by atoms with van der Waals surface area (Å²) in [6, 6.07) is 5.12. The van der Waals surface area contributed by atoms with E-state index in [1.54, 1.807) is 18.2 Å². The minimum atomic E-state index is -0.888. The fraction of sp³-hybridized carbons (Fsp3) is 0.200. The lowest BCUT2D eigenvalue weighted by molar-refractivity contribution is -0.136. The maximum Gasteiger partial charge on any atom is 0.307 e. The van der Waals surface area contributed by atoms with Crippen molar-refractivity contribution in [2.45, 2.75) is 13.3 Å². The number of carbonyl (C=O) groups excluding carboxylic acids is 1. The Morgan fingerprint density at radius 1 is 1.43 bits per heavy atom. The number of carboxylic acids is 1. The maximum atomic E-state index is 11.2. The molecule has 0 fully saturated rings. The molecule has 0 bridgehead atoms. The fourth-order valence-corrected chi connectivity index (χ4v) is 1.84. The molecule has 0 saturated carbocycles. The van der Waals surface area contributed by atoms with Gasteiger partial charge in [-0.2, -0.15) is 0 Å². The first-order valence-electron chi connectivity index (χ1n) is 4.02. The molecule has 0 heterocycles. The Hall–Kier alpha value is -0.910. The minimum absolute atomic E-state index is 0.0401. The van der Waals surface area contributed by atoms with Gasteiger partial charge in [-0.05, 0) is 47.2 Å². The van der Waals surface area contributed by atoms with Crippen molar-refractivity contribution in [3.63, 3.8) is 0 Å². The summed E-state index contributed by atoms with van der Waals surface area (Å²) in [4.78, 5) is 21.6. The molecule has 0 saturated heterocycles. The van der Waals surface area contributed by atoms with Crippen molar-refractivity contribution in [2.75, 3.05) is 0 Å². The van der Waals surface area contributed by atoms with Crippen LogP contribution in [0.4, 0.5) is 0 Å². The van der Waals surface area contributed by atoms with E-state index in [-0.39, 0.29) is 12.2 Å². The summed E-state index contributed by atoms with van der Waals surface area (Å²) in [6.45, 7) is 1.47. The molecule has 0 aromatic heterocycles. The fourth-order valence-electron chi connectivity index (χ4n) is 1.13. The monoisotopic (exact) mass is 304 g/mol. The van der Waals surface area contributed by atoms with Gasteiger partial charge in [-0.1, -0.05) is 6.07 Å². The Balaban J connectivity index is 3.06. The van der Waals surface area contributed by atoms with Crippen molar-refractivity contribution in [3.8, 4) is 0 Å². The van der Waals surface area contributed by atoms with Gasteiger partial charge in [-0.25, -0.2) is 0 Å². The predicted octanol–water partition coefficient (Wildman–Crippen LogP) is 2.12. The lowest BCUT2D eigenvalue weighted by Crippen LogP contribution is -2.03. The van der Waals surface area contributed by atoms with Gasteiger partial charge in [0.15, 0.2) is 5.78 Å². The second-order valence-corrected chi connectivity index (χ2v) is 4.10. The Labute approximate surface area is 95.3 Å². The lowest BCUT2D eigenvalue weighted by Gasteiger charge is -2.02. The van der Waals surface area contributed by atoms with Crippen molar-refractivity contribution >= 4 is 34.3 Å². The first-order valence-corrected chi connectivity index (χ1v) is 5.09. The topological polar surface area (TPSA) is 54.4 Å². The molecule has 4 heteroatoms. The smallest absolute Gasteiger partial charge is 0.307 e. The van der Waals surface area contributed by atoms with Gasteiger partial charge in [0.05, 0.1) is 6.42 Å². The first kappa shape index (κ1) is 11.2. The molecule has 0 radical (unpaired) electrons. The van der Waals surface area contributed by atoms with Crippen LogP contribution in [0.2, 0.25) is 0 Å². The third-order valence-corrected chi connectivity index (χ3v) is 2.71. The summed E-state index contributed by atoms with van der Waals surface area (Å²) < 4.78 is 0.851. The van der Waals surface area contributed by atoms with E-state index in [9.17, 15) is 9.59 Å². The highest BCUT2D eigenvalue weighted by Crippen LogP contribution is 2.15. The van der Waals surface area contributed by atoms with Crippen molar-refractivity contribution in [3.05, 3.63) is 32.9 Å². The molecule has 0 atom stereocenters. The van der Waals surface area contributed by atoms with E-state index in [1.165, 1.54) is 6.92 Å². The molecule has 0 aliphatic heterocycles. The highest BCUT2D eigenvalue weighted by atomic mass is 127. The zero-order valence-corrected chi connectivity index (χ0v) is 9.74. The quantitative estimate of drug-likeness (QED) is 0.687. The molecule has 3 nitrogen and oxygen atoms in total. The molecule has 14 heavy (non-hydrogen) atoms. The molecule has 0 aliphatic rings. The van der Waals surface area contributed by atoms with E-state index in [4.69, 9.17) is 5.11 Å². The zero-order chi connectivity index (χ0) is 10.7. The molecule has 1 rings (SSSR count). The van der Waals surface area contributed by atoms with Crippen LogP contribution in [0, 0.1) is 3.57 Å². The second-order valence-electron chi connectivity index (χ2n) is 2.94. The van der Waals surface area contributed by atoms with Gasteiger partial charge in [0.1, 0.15) is 0 Å². The molecular weight excluding hydrogens is 295 g/mol. The number of rotatable bonds is 3. The van der Waals surface area contributed by atoms with Gasteiger partial charge in [-0.15, -0.1) is 0 Å². The van der Waals surface area contributed by atoms with Crippen LogP contribution < -0.4 is 0 Å². The van der Waals surface area contributed by atoms with Crippen molar-refractivity contribution in [2.24, 2.45) is 0 Å². The van der Waals surface area contributed by atoms with Gasteiger partial charge in [0.2, 0.25) is 0 Å². The van der Waals surface area contributed by atoms with E-state index in [0.717, 1.165) is 3.57 Å². The van der Waals surface area contributed by atoms with Crippen LogP contribution in [-0.2, 0) is 11.2 Å². The number of benzene rings is 1. The first-order chi connectivity index (χ1) is 6.50. The lowest BCUT2D eigenvalue weighted by atomic mass is 10.1. The third kappa shape index (κ3) is 2.80. The molecular formula is C10H9IO3. The average Bonchev–Trinajstić information content (AvgIpc) is 2.07. The standard InChI is InChI=1S/C10H9IO3/c1-6(12)8-4-7(5-10(13)14)2-3-9(8)11/h2-4H,5H2,1H3,(H,13,14). The normalized spacial score (nSPS) is 9.86. The van der Waals surface area contributed by atoms with E-state index < -0.39 is 5.97 Å². The molecule has 0 amide bonds. The number of carbonyl (C=O) groups is 2. The summed E-state index contributed by atoms with van der Waals surface area (Å²) in [5.41, 5.74) is 1.24. The highest BCUT2D eigenvalue weighted by molar-refractivity contribution is 14.1. The predicted molar refractivity (Wildman–Crippen MR) is 60.5 cm³/mol. The van der Waals surface area contributed by atoms with E-state index in [2.05, 4.69) is 22.6 Å². The Morgan fingerprint density at radius 3 is 2.57 bits per heavy atom. The van der Waals surface area contributed by atoms with Gasteiger partial charge in [-0.3, -0.25) is 9.59 Å². The number of aliphatic carboxylic acids is 1. The van der Waals surface area contributed by atoms with Crippen LogP contribution >= 0.6 is 22.6 Å². The van der Waals surface area contributed by atoms with Crippen molar-refractivity contribution < 1.29 is 14.7 Å². The molecule has 74 valence electrons. The summed E-state index contributed by atoms with van der Waals surface area (Å²) in [5, 5.41) is 8.58. The number of hydrogen-bond acceptors (Lipinski definition) is 2. The van der Waals surface area contributed by atoms with Gasteiger partial charge >= 0.3 is 5.97 Å². The van der Waals surface area contributed by atoms with Crippen molar-refractivity contribution in [1.82, 2.24) is 0 Å². The van der Waals surface area contributed by atoms with Gasteiger partial charge in [0.25, 0.3) is 0 Å². The number of ketones is 1. The number of carboxylic acid groups (broad SMARTS) is 1.